The van der Waals surface area contributed by atoms with Crippen molar-refractivity contribution in [2.45, 2.75) is 53.4 Å². The standard InChI is InChI=1S/C17H23ClO/c1-11-9-13(15(18)10-12(11)2)16(19)14-7-5-6-8-17(14,3)4/h9-10,14H,5-8H2,1-4H3. The monoisotopic (exact) mass is 278 g/mol. The van der Waals surface area contributed by atoms with E-state index in [4.69, 9.17) is 11.6 Å². The first-order valence-corrected chi connectivity index (χ1v) is 7.51. The Bertz CT molecular complexity index is 502. The second kappa shape index (κ2) is 5.28. The molecule has 1 aromatic rings. The Morgan fingerprint density at radius 1 is 1.21 bits per heavy atom. The van der Waals surface area contributed by atoms with E-state index in [1.807, 2.05) is 26.0 Å². The normalized spacial score (nSPS) is 22.3. The van der Waals surface area contributed by atoms with Crippen LogP contribution < -0.4 is 0 Å². The minimum Gasteiger partial charge on any atom is -0.294 e. The highest BCUT2D eigenvalue weighted by Crippen LogP contribution is 2.43. The lowest BCUT2D eigenvalue weighted by Gasteiger charge is -2.37. The molecule has 0 radical (unpaired) electrons. The number of ketones is 1. The van der Waals surface area contributed by atoms with E-state index in [2.05, 4.69) is 13.8 Å². The molecule has 1 fully saturated rings. The molecule has 104 valence electrons. The second-order valence-electron chi connectivity index (χ2n) is 6.57. The lowest BCUT2D eigenvalue weighted by atomic mass is 9.66. The van der Waals surface area contributed by atoms with Gasteiger partial charge in [-0.2, -0.15) is 0 Å². The zero-order valence-corrected chi connectivity index (χ0v) is 13.1. The van der Waals surface area contributed by atoms with Crippen LogP contribution in [0.3, 0.4) is 0 Å². The highest BCUT2D eigenvalue weighted by Gasteiger charge is 2.38. The van der Waals surface area contributed by atoms with Gasteiger partial charge in [-0.05, 0) is 55.4 Å². The summed E-state index contributed by atoms with van der Waals surface area (Å²) >= 11 is 6.29. The van der Waals surface area contributed by atoms with Crippen molar-refractivity contribution in [3.05, 3.63) is 33.8 Å². The second-order valence-corrected chi connectivity index (χ2v) is 6.97. The first-order chi connectivity index (χ1) is 8.83. The first-order valence-electron chi connectivity index (χ1n) is 7.14. The molecule has 0 bridgehead atoms. The van der Waals surface area contributed by atoms with Crippen LogP contribution in [0.5, 0.6) is 0 Å². The quantitative estimate of drug-likeness (QED) is 0.666. The van der Waals surface area contributed by atoms with Crippen molar-refractivity contribution in [1.29, 1.82) is 0 Å². The molecule has 0 aliphatic heterocycles. The minimum absolute atomic E-state index is 0.0947. The molecule has 1 aromatic carbocycles. The van der Waals surface area contributed by atoms with Gasteiger partial charge < -0.3 is 0 Å². The summed E-state index contributed by atoms with van der Waals surface area (Å²) in [5.74, 6) is 0.346. The summed E-state index contributed by atoms with van der Waals surface area (Å²) in [5, 5.41) is 0.606. The molecule has 2 heteroatoms. The SMILES string of the molecule is Cc1cc(Cl)c(C(=O)C2CCCCC2(C)C)cc1C. The molecule has 0 saturated heterocycles. The van der Waals surface area contributed by atoms with Gasteiger partial charge in [0.1, 0.15) is 0 Å². The Morgan fingerprint density at radius 3 is 2.47 bits per heavy atom. The molecule has 19 heavy (non-hydrogen) atoms. The topological polar surface area (TPSA) is 17.1 Å². The van der Waals surface area contributed by atoms with Crippen molar-refractivity contribution in [2.24, 2.45) is 11.3 Å². The van der Waals surface area contributed by atoms with Crippen molar-refractivity contribution in [1.82, 2.24) is 0 Å². The van der Waals surface area contributed by atoms with Crippen LogP contribution in [0.4, 0.5) is 0 Å². The number of rotatable bonds is 2. The fourth-order valence-electron chi connectivity index (χ4n) is 3.14. The summed E-state index contributed by atoms with van der Waals surface area (Å²) in [6.45, 7) is 8.49. The van der Waals surface area contributed by atoms with Crippen molar-refractivity contribution < 1.29 is 4.79 Å². The summed E-state index contributed by atoms with van der Waals surface area (Å²) < 4.78 is 0. The third kappa shape index (κ3) is 2.86. The predicted octanol–water partition coefficient (Wildman–Crippen LogP) is 5.36. The van der Waals surface area contributed by atoms with Crippen LogP contribution in [-0.2, 0) is 0 Å². The highest BCUT2D eigenvalue weighted by molar-refractivity contribution is 6.34. The van der Waals surface area contributed by atoms with Gasteiger partial charge in [-0.1, -0.05) is 38.3 Å². The van der Waals surface area contributed by atoms with E-state index in [0.717, 1.165) is 30.4 Å². The van der Waals surface area contributed by atoms with Gasteiger partial charge in [-0.25, -0.2) is 0 Å². The van der Waals surface area contributed by atoms with Crippen LogP contribution in [0.15, 0.2) is 12.1 Å². The van der Waals surface area contributed by atoms with Gasteiger partial charge in [0.25, 0.3) is 0 Å². The average Bonchev–Trinajstić information content (AvgIpc) is 2.32. The number of carbonyl (C=O) groups is 1. The number of benzene rings is 1. The molecular formula is C17H23ClO. The molecule has 0 aromatic heterocycles. The number of hydrogen-bond acceptors (Lipinski definition) is 1. The number of hydrogen-bond donors (Lipinski definition) is 0. The van der Waals surface area contributed by atoms with Crippen molar-refractivity contribution >= 4 is 17.4 Å². The van der Waals surface area contributed by atoms with Gasteiger partial charge in [0.15, 0.2) is 5.78 Å². The van der Waals surface area contributed by atoms with Crippen LogP contribution in [0, 0.1) is 25.2 Å². The van der Waals surface area contributed by atoms with E-state index < -0.39 is 0 Å². The van der Waals surface area contributed by atoms with Gasteiger partial charge in [0, 0.05) is 11.5 Å². The molecule has 1 saturated carbocycles. The third-order valence-corrected chi connectivity index (χ3v) is 4.99. The number of carbonyl (C=O) groups excluding carboxylic acids is 1. The van der Waals surface area contributed by atoms with E-state index in [0.29, 0.717) is 10.6 Å². The van der Waals surface area contributed by atoms with Crippen LogP contribution in [0.25, 0.3) is 0 Å². The third-order valence-electron chi connectivity index (χ3n) is 4.67. The molecule has 0 N–H and O–H groups in total. The molecule has 1 unspecified atom stereocenters. The van der Waals surface area contributed by atoms with E-state index >= 15 is 0 Å². The Morgan fingerprint density at radius 2 is 1.84 bits per heavy atom. The number of Topliss-reactive ketones (excluding diaryl/α,β-unsaturated/α-hetero) is 1. The zero-order chi connectivity index (χ0) is 14.2. The smallest absolute Gasteiger partial charge is 0.167 e. The maximum Gasteiger partial charge on any atom is 0.167 e. The first kappa shape index (κ1) is 14.6. The Kier molecular flexibility index (Phi) is 4.06. The van der Waals surface area contributed by atoms with E-state index in [9.17, 15) is 4.79 Å². The number of halogens is 1. The van der Waals surface area contributed by atoms with Gasteiger partial charge >= 0.3 is 0 Å². The van der Waals surface area contributed by atoms with E-state index in [-0.39, 0.29) is 17.1 Å². The largest absolute Gasteiger partial charge is 0.294 e. The molecule has 1 aliphatic carbocycles. The molecule has 2 rings (SSSR count). The molecule has 0 spiro atoms. The van der Waals surface area contributed by atoms with Crippen LogP contribution >= 0.6 is 11.6 Å². The fourth-order valence-corrected chi connectivity index (χ4v) is 3.45. The maximum atomic E-state index is 12.8. The van der Waals surface area contributed by atoms with Gasteiger partial charge in [-0.3, -0.25) is 4.79 Å². The average molecular weight is 279 g/mol. The minimum atomic E-state index is 0.0947. The van der Waals surface area contributed by atoms with E-state index in [1.54, 1.807) is 0 Å². The van der Waals surface area contributed by atoms with Crippen LogP contribution in [0.1, 0.15) is 61.0 Å². The van der Waals surface area contributed by atoms with Crippen molar-refractivity contribution in [3.8, 4) is 0 Å². The predicted molar refractivity (Wildman–Crippen MR) is 81.0 cm³/mol. The van der Waals surface area contributed by atoms with Crippen LogP contribution in [0.2, 0.25) is 5.02 Å². The van der Waals surface area contributed by atoms with Crippen LogP contribution in [-0.4, -0.2) is 5.78 Å². The molecule has 1 nitrogen and oxygen atoms in total. The molecule has 1 aliphatic rings. The highest BCUT2D eigenvalue weighted by atomic mass is 35.5. The van der Waals surface area contributed by atoms with Gasteiger partial charge in [0.05, 0.1) is 5.02 Å². The van der Waals surface area contributed by atoms with Gasteiger partial charge in [0.2, 0.25) is 0 Å². The van der Waals surface area contributed by atoms with E-state index in [1.165, 1.54) is 6.42 Å². The summed E-state index contributed by atoms with van der Waals surface area (Å²) in [4.78, 5) is 12.8. The van der Waals surface area contributed by atoms with Crippen molar-refractivity contribution in [3.63, 3.8) is 0 Å². The Balaban J connectivity index is 2.36. The summed E-state index contributed by atoms with van der Waals surface area (Å²) in [6.07, 6.45) is 4.51. The van der Waals surface area contributed by atoms with Gasteiger partial charge in [-0.15, -0.1) is 0 Å². The fraction of sp³-hybridized carbons (Fsp3) is 0.588. The molecule has 1 atom stereocenters. The Hall–Kier alpha value is -0.820. The number of aryl methyl sites for hydroxylation is 2. The Labute approximate surface area is 121 Å². The lowest BCUT2D eigenvalue weighted by molar-refractivity contribution is 0.0697. The molecule has 0 heterocycles. The zero-order valence-electron chi connectivity index (χ0n) is 12.3. The van der Waals surface area contributed by atoms with Crippen molar-refractivity contribution in [2.75, 3.05) is 0 Å². The molecule has 0 amide bonds. The summed E-state index contributed by atoms with van der Waals surface area (Å²) in [5.41, 5.74) is 3.09. The lowest BCUT2D eigenvalue weighted by Crippen LogP contribution is -2.34. The summed E-state index contributed by atoms with van der Waals surface area (Å²) in [6, 6.07) is 3.88. The molecular weight excluding hydrogens is 256 g/mol. The maximum absolute atomic E-state index is 12.8. The summed E-state index contributed by atoms with van der Waals surface area (Å²) in [7, 11) is 0.